The molecule has 6 nitrogen and oxygen atoms in total. The van der Waals surface area contributed by atoms with Gasteiger partial charge in [-0.25, -0.2) is 0 Å². The molecule has 2 fully saturated rings. The van der Waals surface area contributed by atoms with Crippen LogP contribution in [-0.2, 0) is 9.53 Å². The van der Waals surface area contributed by atoms with Crippen LogP contribution in [0.3, 0.4) is 0 Å². The Kier molecular flexibility index (Phi) is 9.05. The molecule has 2 aliphatic rings. The van der Waals surface area contributed by atoms with Gasteiger partial charge in [-0.15, -0.1) is 17.0 Å². The summed E-state index contributed by atoms with van der Waals surface area (Å²) in [5.74, 6) is 1.14. The molecule has 1 aliphatic carbocycles. The highest BCUT2D eigenvalue weighted by atomic mass is 79.9. The lowest BCUT2D eigenvalue weighted by atomic mass is 9.67. The van der Waals surface area contributed by atoms with Gasteiger partial charge < -0.3 is 19.9 Å². The Morgan fingerprint density at radius 2 is 1.83 bits per heavy atom. The van der Waals surface area contributed by atoms with E-state index in [1.165, 1.54) is 19.3 Å². The van der Waals surface area contributed by atoms with Gasteiger partial charge in [-0.05, 0) is 31.1 Å². The van der Waals surface area contributed by atoms with Crippen molar-refractivity contribution < 1.29 is 9.53 Å². The first kappa shape index (κ1) is 21.2. The molecule has 1 amide bonds. The van der Waals surface area contributed by atoms with Crippen LogP contribution in [0.1, 0.15) is 39.0 Å². The van der Waals surface area contributed by atoms with Crippen molar-refractivity contribution >= 4 is 28.8 Å². The molecule has 1 saturated heterocycles. The molecule has 1 saturated carbocycles. The van der Waals surface area contributed by atoms with Gasteiger partial charge in [-0.3, -0.25) is 9.79 Å². The number of rotatable bonds is 5. The molecule has 1 heterocycles. The fourth-order valence-electron chi connectivity index (χ4n) is 3.55. The van der Waals surface area contributed by atoms with Crippen LogP contribution >= 0.6 is 17.0 Å². The van der Waals surface area contributed by atoms with E-state index in [-0.39, 0.29) is 22.9 Å². The Morgan fingerprint density at radius 1 is 1.17 bits per heavy atom. The number of carbonyl (C=O) groups is 1. The predicted molar refractivity (Wildman–Crippen MR) is 103 cm³/mol. The summed E-state index contributed by atoms with van der Waals surface area (Å²) in [6, 6.07) is 0. The Bertz CT molecular complexity index is 427. The van der Waals surface area contributed by atoms with E-state index >= 15 is 0 Å². The van der Waals surface area contributed by atoms with Crippen molar-refractivity contribution in [2.24, 2.45) is 10.4 Å². The number of carbonyl (C=O) groups excluding carboxylic acids is 1. The second-order valence-electron chi connectivity index (χ2n) is 6.84. The average molecular weight is 405 g/mol. The highest BCUT2D eigenvalue weighted by Gasteiger charge is 2.36. The number of hydrogen-bond acceptors (Lipinski definition) is 3. The Labute approximate surface area is 156 Å². The van der Waals surface area contributed by atoms with E-state index in [2.05, 4.69) is 15.2 Å². The lowest BCUT2D eigenvalue weighted by molar-refractivity contribution is -0.128. The number of nitrogens with one attached hydrogen (secondary N) is 1. The van der Waals surface area contributed by atoms with Crippen LogP contribution in [0.2, 0.25) is 0 Å². The smallest absolute Gasteiger partial charge is 0.219 e. The minimum Gasteiger partial charge on any atom is -0.385 e. The van der Waals surface area contributed by atoms with E-state index in [0.29, 0.717) is 5.41 Å². The summed E-state index contributed by atoms with van der Waals surface area (Å²) < 4.78 is 5.27. The van der Waals surface area contributed by atoms with Gasteiger partial charge in [-0.1, -0.05) is 6.42 Å². The van der Waals surface area contributed by atoms with Gasteiger partial charge >= 0.3 is 0 Å². The third kappa shape index (κ3) is 5.62. The van der Waals surface area contributed by atoms with Crippen molar-refractivity contribution in [3.8, 4) is 0 Å². The summed E-state index contributed by atoms with van der Waals surface area (Å²) in [6.45, 7) is 6.89. The Morgan fingerprint density at radius 3 is 2.38 bits per heavy atom. The topological polar surface area (TPSA) is 57.2 Å². The average Bonchev–Trinajstić information content (AvgIpc) is 2.75. The zero-order valence-corrected chi connectivity index (χ0v) is 17.1. The second kappa shape index (κ2) is 10.2. The minimum absolute atomic E-state index is 0. The molecule has 0 aromatic rings. The maximum Gasteiger partial charge on any atom is 0.219 e. The first-order valence-electron chi connectivity index (χ1n) is 8.80. The van der Waals surface area contributed by atoms with Gasteiger partial charge in [0.05, 0.1) is 0 Å². The minimum atomic E-state index is 0. The third-order valence-corrected chi connectivity index (χ3v) is 5.32. The van der Waals surface area contributed by atoms with E-state index in [4.69, 9.17) is 4.74 Å². The van der Waals surface area contributed by atoms with Crippen molar-refractivity contribution in [2.45, 2.75) is 39.0 Å². The van der Waals surface area contributed by atoms with Crippen LogP contribution in [0.25, 0.3) is 0 Å². The van der Waals surface area contributed by atoms with Crippen LogP contribution in [0.5, 0.6) is 0 Å². The standard InChI is InChI=1S/C17H32N4O2.BrH/c1-15(22)20-9-5-10-21(12-11-20)16(18-2)19-14-17(6-4-7-17)8-13-23-3;/h4-14H2,1-3H3,(H,18,19);1H. The van der Waals surface area contributed by atoms with Crippen molar-refractivity contribution in [3.63, 3.8) is 0 Å². The lowest BCUT2D eigenvalue weighted by Gasteiger charge is -2.43. The number of aliphatic imine (C=N–C) groups is 1. The highest BCUT2D eigenvalue weighted by molar-refractivity contribution is 8.93. The van der Waals surface area contributed by atoms with Gasteiger partial charge in [0.1, 0.15) is 0 Å². The van der Waals surface area contributed by atoms with Crippen LogP contribution in [0.4, 0.5) is 0 Å². The summed E-state index contributed by atoms with van der Waals surface area (Å²) in [4.78, 5) is 20.2. The summed E-state index contributed by atoms with van der Waals surface area (Å²) >= 11 is 0. The zero-order valence-electron chi connectivity index (χ0n) is 15.3. The third-order valence-electron chi connectivity index (χ3n) is 5.32. The van der Waals surface area contributed by atoms with Crippen LogP contribution in [0.15, 0.2) is 4.99 Å². The van der Waals surface area contributed by atoms with Gasteiger partial charge in [0.25, 0.3) is 0 Å². The normalized spacial score (nSPS) is 20.7. The SMILES string of the molecule is Br.CN=C(NCC1(CCOC)CCC1)N1CCCN(C(C)=O)CC1. The number of halogens is 1. The van der Waals surface area contributed by atoms with E-state index in [0.717, 1.165) is 58.1 Å². The van der Waals surface area contributed by atoms with Gasteiger partial charge in [-0.2, -0.15) is 0 Å². The Hall–Kier alpha value is -0.820. The molecule has 0 bridgehead atoms. The van der Waals surface area contributed by atoms with Crippen LogP contribution < -0.4 is 5.32 Å². The number of nitrogens with zero attached hydrogens (tertiary/aromatic N) is 3. The van der Waals surface area contributed by atoms with Crippen molar-refractivity contribution in [1.29, 1.82) is 0 Å². The first-order valence-corrected chi connectivity index (χ1v) is 8.80. The Balaban J connectivity index is 0.00000288. The van der Waals surface area contributed by atoms with Crippen molar-refractivity contribution in [3.05, 3.63) is 0 Å². The molecule has 1 aliphatic heterocycles. The number of hydrogen-bond donors (Lipinski definition) is 1. The van der Waals surface area contributed by atoms with Crippen molar-refractivity contribution in [1.82, 2.24) is 15.1 Å². The van der Waals surface area contributed by atoms with E-state index in [9.17, 15) is 4.79 Å². The summed E-state index contributed by atoms with van der Waals surface area (Å²) in [5, 5.41) is 3.58. The zero-order chi connectivity index (χ0) is 16.7. The molecule has 1 N–H and O–H groups in total. The van der Waals surface area contributed by atoms with E-state index < -0.39 is 0 Å². The fraction of sp³-hybridized carbons (Fsp3) is 0.882. The maximum atomic E-state index is 11.6. The van der Waals surface area contributed by atoms with E-state index in [1.54, 1.807) is 14.0 Å². The summed E-state index contributed by atoms with van der Waals surface area (Å²) in [7, 11) is 3.62. The van der Waals surface area contributed by atoms with E-state index in [1.807, 2.05) is 11.9 Å². The summed E-state index contributed by atoms with van der Waals surface area (Å²) in [5.41, 5.74) is 0.378. The van der Waals surface area contributed by atoms with Crippen LogP contribution in [-0.4, -0.2) is 75.2 Å². The number of ether oxygens (including phenoxy) is 1. The molecule has 0 spiro atoms. The number of guanidine groups is 1. The lowest BCUT2D eigenvalue weighted by Crippen LogP contribution is -2.49. The van der Waals surface area contributed by atoms with Gasteiger partial charge in [0, 0.05) is 60.4 Å². The molecule has 24 heavy (non-hydrogen) atoms. The molecular weight excluding hydrogens is 372 g/mol. The molecule has 0 atom stereocenters. The maximum absolute atomic E-state index is 11.6. The number of methoxy groups -OCH3 is 1. The van der Waals surface area contributed by atoms with Crippen LogP contribution in [0, 0.1) is 5.41 Å². The summed E-state index contributed by atoms with van der Waals surface area (Å²) in [6.07, 6.45) is 5.99. The molecular formula is C17H33BrN4O2. The second-order valence-corrected chi connectivity index (χ2v) is 6.84. The molecule has 7 heteroatoms. The molecule has 0 radical (unpaired) electrons. The molecule has 140 valence electrons. The predicted octanol–water partition coefficient (Wildman–Crippen LogP) is 1.90. The molecule has 0 aromatic carbocycles. The largest absolute Gasteiger partial charge is 0.385 e. The van der Waals surface area contributed by atoms with Gasteiger partial charge in [0.15, 0.2) is 5.96 Å². The highest BCUT2D eigenvalue weighted by Crippen LogP contribution is 2.43. The quantitative estimate of drug-likeness (QED) is 0.561. The number of amides is 1. The molecule has 0 aromatic heterocycles. The monoisotopic (exact) mass is 404 g/mol. The molecule has 2 rings (SSSR count). The first-order chi connectivity index (χ1) is 11.1. The molecule has 0 unspecified atom stereocenters. The fourth-order valence-corrected chi connectivity index (χ4v) is 3.55. The van der Waals surface area contributed by atoms with Crippen molar-refractivity contribution in [2.75, 3.05) is 53.5 Å². The van der Waals surface area contributed by atoms with Gasteiger partial charge in [0.2, 0.25) is 5.91 Å².